The van der Waals surface area contributed by atoms with Gasteiger partial charge in [-0.05, 0) is 19.1 Å². The first-order chi connectivity index (χ1) is 4.25. The molecular formula is C6H11ClOS. The van der Waals surface area contributed by atoms with Crippen LogP contribution in [-0.2, 0) is 0 Å². The number of halogens is 1. The predicted molar refractivity (Wildman–Crippen MR) is 42.2 cm³/mol. The quantitative estimate of drug-likeness (QED) is 0.596. The first kappa shape index (κ1) is 7.70. The van der Waals surface area contributed by atoms with Crippen molar-refractivity contribution in [1.29, 1.82) is 0 Å². The summed E-state index contributed by atoms with van der Waals surface area (Å²) >= 11 is 7.56. The van der Waals surface area contributed by atoms with Crippen LogP contribution in [0.15, 0.2) is 0 Å². The van der Waals surface area contributed by atoms with E-state index in [2.05, 4.69) is 0 Å². The second-order valence-corrected chi connectivity index (χ2v) is 3.94. The number of hydrogen-bond acceptors (Lipinski definition) is 2. The Balaban J connectivity index is 2.44. The molecule has 0 heterocycles. The molecule has 1 aliphatic rings. The first-order valence-electron chi connectivity index (χ1n) is 3.10. The number of alkyl halides is 1. The van der Waals surface area contributed by atoms with Crippen molar-refractivity contribution in [2.24, 2.45) is 0 Å². The zero-order chi connectivity index (χ0) is 6.85. The minimum absolute atomic E-state index is 0.164. The highest BCUT2D eigenvalue weighted by Crippen LogP contribution is 2.32. The third-order valence-electron chi connectivity index (χ3n) is 1.75. The lowest BCUT2D eigenvalue weighted by molar-refractivity contribution is 0.188. The van der Waals surface area contributed by atoms with Gasteiger partial charge < -0.3 is 5.11 Å². The van der Waals surface area contributed by atoms with Gasteiger partial charge in [-0.2, -0.15) is 11.8 Å². The van der Waals surface area contributed by atoms with E-state index in [-0.39, 0.29) is 16.7 Å². The number of aliphatic hydroxyl groups is 1. The fraction of sp³-hybridized carbons (Fsp3) is 1.00. The fourth-order valence-corrected chi connectivity index (χ4v) is 2.69. The van der Waals surface area contributed by atoms with Crippen LogP contribution in [-0.4, -0.2) is 28.1 Å². The van der Waals surface area contributed by atoms with E-state index in [1.54, 1.807) is 11.8 Å². The normalized spacial score (nSPS) is 43.7. The van der Waals surface area contributed by atoms with Gasteiger partial charge in [-0.25, -0.2) is 0 Å². The number of aliphatic hydroxyl groups excluding tert-OH is 1. The van der Waals surface area contributed by atoms with Crippen molar-refractivity contribution >= 4 is 23.4 Å². The van der Waals surface area contributed by atoms with Crippen LogP contribution in [0.4, 0.5) is 0 Å². The molecule has 0 bridgehead atoms. The summed E-state index contributed by atoms with van der Waals surface area (Å²) in [7, 11) is 0. The molecule has 9 heavy (non-hydrogen) atoms. The van der Waals surface area contributed by atoms with E-state index in [0.717, 1.165) is 12.8 Å². The van der Waals surface area contributed by atoms with Crippen LogP contribution in [0.1, 0.15) is 12.8 Å². The fourth-order valence-electron chi connectivity index (χ4n) is 1.20. The van der Waals surface area contributed by atoms with Gasteiger partial charge in [0, 0.05) is 10.6 Å². The Morgan fingerprint density at radius 3 is 2.44 bits per heavy atom. The van der Waals surface area contributed by atoms with Crippen molar-refractivity contribution in [1.82, 2.24) is 0 Å². The maximum Gasteiger partial charge on any atom is 0.0673 e. The Kier molecular flexibility index (Phi) is 2.68. The summed E-state index contributed by atoms with van der Waals surface area (Å²) in [6.07, 6.45) is 3.67. The van der Waals surface area contributed by atoms with Gasteiger partial charge in [-0.15, -0.1) is 11.6 Å². The van der Waals surface area contributed by atoms with Gasteiger partial charge in [-0.3, -0.25) is 0 Å². The minimum Gasteiger partial charge on any atom is -0.392 e. The third-order valence-corrected chi connectivity index (χ3v) is 3.57. The molecule has 1 fully saturated rings. The van der Waals surface area contributed by atoms with Crippen LogP contribution < -0.4 is 0 Å². The van der Waals surface area contributed by atoms with Crippen molar-refractivity contribution in [3.63, 3.8) is 0 Å². The summed E-state index contributed by atoms with van der Waals surface area (Å²) in [4.78, 5) is 0. The standard InChI is InChI=1S/C6H11ClOS/c1-9-6-4(7)2-3-5(6)8/h4-6,8H,2-3H2,1H3/t4-,5+,6+/m0/s1. The van der Waals surface area contributed by atoms with Crippen molar-refractivity contribution in [3.05, 3.63) is 0 Å². The highest BCUT2D eigenvalue weighted by molar-refractivity contribution is 7.99. The maximum absolute atomic E-state index is 9.25. The van der Waals surface area contributed by atoms with Crippen molar-refractivity contribution in [2.75, 3.05) is 6.26 Å². The van der Waals surface area contributed by atoms with Crippen LogP contribution in [0, 0.1) is 0 Å². The second-order valence-electron chi connectivity index (χ2n) is 2.36. The van der Waals surface area contributed by atoms with Gasteiger partial charge in [0.15, 0.2) is 0 Å². The molecule has 1 nitrogen and oxygen atoms in total. The van der Waals surface area contributed by atoms with Crippen molar-refractivity contribution < 1.29 is 5.11 Å². The molecule has 0 aliphatic heterocycles. The number of thioether (sulfide) groups is 1. The Labute approximate surface area is 64.8 Å². The summed E-state index contributed by atoms with van der Waals surface area (Å²) in [5, 5.41) is 9.71. The maximum atomic E-state index is 9.25. The topological polar surface area (TPSA) is 20.2 Å². The molecule has 1 aliphatic carbocycles. The Morgan fingerprint density at radius 1 is 1.56 bits per heavy atom. The second kappa shape index (κ2) is 3.13. The lowest BCUT2D eigenvalue weighted by atomic mass is 10.3. The van der Waals surface area contributed by atoms with Crippen LogP contribution in [0.3, 0.4) is 0 Å². The Morgan fingerprint density at radius 2 is 2.22 bits per heavy atom. The molecule has 1 rings (SSSR count). The third kappa shape index (κ3) is 1.54. The van der Waals surface area contributed by atoms with Crippen molar-refractivity contribution in [3.8, 4) is 0 Å². The molecule has 3 heteroatoms. The molecule has 0 aromatic rings. The molecule has 0 aromatic carbocycles. The molecule has 1 N–H and O–H groups in total. The molecule has 0 saturated heterocycles. The lowest BCUT2D eigenvalue weighted by Gasteiger charge is -2.13. The zero-order valence-electron chi connectivity index (χ0n) is 5.38. The van der Waals surface area contributed by atoms with E-state index >= 15 is 0 Å². The largest absolute Gasteiger partial charge is 0.392 e. The van der Waals surface area contributed by atoms with E-state index in [1.807, 2.05) is 6.26 Å². The van der Waals surface area contributed by atoms with E-state index in [4.69, 9.17) is 11.6 Å². The van der Waals surface area contributed by atoms with E-state index < -0.39 is 0 Å². The molecule has 0 aromatic heterocycles. The summed E-state index contributed by atoms with van der Waals surface area (Å²) in [5.41, 5.74) is 0. The van der Waals surface area contributed by atoms with Crippen LogP contribution in [0.25, 0.3) is 0 Å². The van der Waals surface area contributed by atoms with Gasteiger partial charge in [-0.1, -0.05) is 0 Å². The average molecular weight is 167 g/mol. The zero-order valence-corrected chi connectivity index (χ0v) is 6.95. The molecule has 0 spiro atoms. The lowest BCUT2D eigenvalue weighted by Crippen LogP contribution is -2.21. The molecule has 1 saturated carbocycles. The van der Waals surface area contributed by atoms with E-state index in [1.165, 1.54) is 0 Å². The highest BCUT2D eigenvalue weighted by Gasteiger charge is 2.32. The van der Waals surface area contributed by atoms with Crippen LogP contribution >= 0.6 is 23.4 Å². The first-order valence-corrected chi connectivity index (χ1v) is 4.83. The van der Waals surface area contributed by atoms with Gasteiger partial charge in [0.2, 0.25) is 0 Å². The van der Waals surface area contributed by atoms with Gasteiger partial charge in [0.05, 0.1) is 6.10 Å². The smallest absolute Gasteiger partial charge is 0.0673 e. The van der Waals surface area contributed by atoms with Gasteiger partial charge in [0.25, 0.3) is 0 Å². The van der Waals surface area contributed by atoms with Crippen LogP contribution in [0.2, 0.25) is 0 Å². The summed E-state index contributed by atoms with van der Waals surface area (Å²) < 4.78 is 0. The van der Waals surface area contributed by atoms with E-state index in [0.29, 0.717) is 0 Å². The minimum atomic E-state index is -0.164. The van der Waals surface area contributed by atoms with E-state index in [9.17, 15) is 5.11 Å². The molecule has 54 valence electrons. The highest BCUT2D eigenvalue weighted by atomic mass is 35.5. The average Bonchev–Trinajstić information content (AvgIpc) is 2.12. The monoisotopic (exact) mass is 166 g/mol. The number of rotatable bonds is 1. The Bertz CT molecular complexity index is 89.1. The molecule has 0 radical (unpaired) electrons. The van der Waals surface area contributed by atoms with Gasteiger partial charge in [0.1, 0.15) is 0 Å². The summed E-state index contributed by atoms with van der Waals surface area (Å²) in [5.74, 6) is 0. The molecular weight excluding hydrogens is 156 g/mol. The molecule has 0 amide bonds. The molecule has 3 atom stereocenters. The summed E-state index contributed by atoms with van der Waals surface area (Å²) in [6, 6.07) is 0. The van der Waals surface area contributed by atoms with Gasteiger partial charge >= 0.3 is 0 Å². The predicted octanol–water partition coefficient (Wildman–Crippen LogP) is 1.48. The SMILES string of the molecule is CS[C@H]1[C@H](O)CC[C@@H]1Cl. The Hall–Kier alpha value is 0.600. The van der Waals surface area contributed by atoms with Crippen LogP contribution in [0.5, 0.6) is 0 Å². The van der Waals surface area contributed by atoms with Crippen molar-refractivity contribution in [2.45, 2.75) is 29.6 Å². The molecule has 0 unspecified atom stereocenters. The number of hydrogen-bond donors (Lipinski definition) is 1. The summed E-state index contributed by atoms with van der Waals surface area (Å²) in [6.45, 7) is 0.